The van der Waals surface area contributed by atoms with Crippen molar-refractivity contribution in [2.24, 2.45) is 0 Å². The Bertz CT molecular complexity index is 608. The summed E-state index contributed by atoms with van der Waals surface area (Å²) < 4.78 is 0. The Labute approximate surface area is 130 Å². The van der Waals surface area contributed by atoms with Crippen LogP contribution >= 0.6 is 11.3 Å². The number of nitrogen functional groups attached to an aromatic ring is 1. The molecule has 0 aliphatic rings. The fourth-order valence-corrected chi connectivity index (χ4v) is 3.29. The highest BCUT2D eigenvalue weighted by Crippen LogP contribution is 2.28. The second kappa shape index (κ2) is 6.76. The van der Waals surface area contributed by atoms with E-state index >= 15 is 0 Å². The van der Waals surface area contributed by atoms with Crippen LogP contribution in [-0.2, 0) is 0 Å². The van der Waals surface area contributed by atoms with Crippen molar-refractivity contribution < 1.29 is 0 Å². The fourth-order valence-electron chi connectivity index (χ4n) is 2.26. The third-order valence-electron chi connectivity index (χ3n) is 3.21. The van der Waals surface area contributed by atoms with Gasteiger partial charge < -0.3 is 16.4 Å². The standard InChI is InChI=1S/C15H23N5S/c1-5-6-17-13-8-14(20-15(16)19-13)18-10(3)12-7-9(2)21-11(12)4/h7-8,10H,5-6H2,1-4H3,(H4,16,17,18,19,20). The lowest BCUT2D eigenvalue weighted by Crippen LogP contribution is -2.11. The molecule has 0 aliphatic heterocycles. The number of aromatic nitrogens is 2. The van der Waals surface area contributed by atoms with Gasteiger partial charge in [-0.05, 0) is 38.8 Å². The van der Waals surface area contributed by atoms with Crippen LogP contribution in [-0.4, -0.2) is 16.5 Å². The first-order valence-corrected chi connectivity index (χ1v) is 8.03. The highest BCUT2D eigenvalue weighted by molar-refractivity contribution is 7.12. The first-order chi connectivity index (χ1) is 9.99. The summed E-state index contributed by atoms with van der Waals surface area (Å²) in [5.41, 5.74) is 7.08. The van der Waals surface area contributed by atoms with Crippen LogP contribution < -0.4 is 16.4 Å². The molecule has 2 heterocycles. The molecule has 1 atom stereocenters. The molecule has 1 unspecified atom stereocenters. The van der Waals surface area contributed by atoms with Gasteiger partial charge in [-0.25, -0.2) is 0 Å². The number of nitrogens with two attached hydrogens (primary N) is 1. The third kappa shape index (κ3) is 4.07. The summed E-state index contributed by atoms with van der Waals surface area (Å²) in [6, 6.07) is 4.30. The minimum atomic E-state index is 0.184. The number of anilines is 3. The monoisotopic (exact) mass is 305 g/mol. The van der Waals surface area contributed by atoms with Gasteiger partial charge >= 0.3 is 0 Å². The van der Waals surface area contributed by atoms with E-state index in [9.17, 15) is 0 Å². The topological polar surface area (TPSA) is 75.9 Å². The first kappa shape index (κ1) is 15.6. The quantitative estimate of drug-likeness (QED) is 0.758. The second-order valence-corrected chi connectivity index (χ2v) is 6.62. The highest BCUT2D eigenvalue weighted by atomic mass is 32.1. The average Bonchev–Trinajstić information content (AvgIpc) is 2.75. The van der Waals surface area contributed by atoms with E-state index < -0.39 is 0 Å². The van der Waals surface area contributed by atoms with Crippen molar-refractivity contribution in [2.45, 2.75) is 40.2 Å². The van der Waals surface area contributed by atoms with E-state index in [0.717, 1.165) is 24.6 Å². The summed E-state index contributed by atoms with van der Waals surface area (Å²) in [5.74, 6) is 1.79. The van der Waals surface area contributed by atoms with E-state index in [0.29, 0.717) is 0 Å². The summed E-state index contributed by atoms with van der Waals surface area (Å²) in [7, 11) is 0. The van der Waals surface area contributed by atoms with Crippen molar-refractivity contribution in [3.05, 3.63) is 27.5 Å². The zero-order valence-electron chi connectivity index (χ0n) is 13.0. The van der Waals surface area contributed by atoms with Crippen LogP contribution in [0.2, 0.25) is 0 Å². The molecule has 0 aliphatic carbocycles. The largest absolute Gasteiger partial charge is 0.370 e. The van der Waals surface area contributed by atoms with Gasteiger partial charge in [0.2, 0.25) is 5.95 Å². The highest BCUT2D eigenvalue weighted by Gasteiger charge is 2.12. The fraction of sp³-hybridized carbons (Fsp3) is 0.467. The number of aryl methyl sites for hydroxylation is 2. The van der Waals surface area contributed by atoms with Crippen LogP contribution in [0.3, 0.4) is 0 Å². The van der Waals surface area contributed by atoms with E-state index in [2.05, 4.69) is 54.4 Å². The van der Waals surface area contributed by atoms with E-state index in [1.807, 2.05) is 17.4 Å². The summed E-state index contributed by atoms with van der Waals surface area (Å²) in [6.07, 6.45) is 1.04. The van der Waals surface area contributed by atoms with Crippen molar-refractivity contribution in [3.63, 3.8) is 0 Å². The molecule has 6 heteroatoms. The molecule has 0 saturated heterocycles. The Morgan fingerprint density at radius 2 is 1.95 bits per heavy atom. The van der Waals surface area contributed by atoms with Crippen LogP contribution in [0.25, 0.3) is 0 Å². The van der Waals surface area contributed by atoms with Gasteiger partial charge in [-0.2, -0.15) is 9.97 Å². The maximum Gasteiger partial charge on any atom is 0.223 e. The Hall–Kier alpha value is -1.82. The lowest BCUT2D eigenvalue weighted by molar-refractivity contribution is 0.869. The number of nitrogens with zero attached hydrogens (tertiary/aromatic N) is 2. The zero-order valence-corrected chi connectivity index (χ0v) is 13.8. The summed E-state index contributed by atoms with van der Waals surface area (Å²) in [5, 5.41) is 6.64. The molecule has 0 radical (unpaired) electrons. The average molecular weight is 305 g/mol. The summed E-state index contributed by atoms with van der Waals surface area (Å²) in [4.78, 5) is 11.1. The van der Waals surface area contributed by atoms with E-state index in [1.165, 1.54) is 15.3 Å². The van der Waals surface area contributed by atoms with Crippen molar-refractivity contribution >= 4 is 28.9 Å². The molecular weight excluding hydrogens is 282 g/mol. The number of nitrogens with one attached hydrogen (secondary N) is 2. The number of rotatable bonds is 6. The molecule has 0 saturated carbocycles. The van der Waals surface area contributed by atoms with Crippen LogP contribution in [0, 0.1) is 13.8 Å². The van der Waals surface area contributed by atoms with Crippen molar-refractivity contribution in [1.29, 1.82) is 0 Å². The molecular formula is C15H23N5S. The van der Waals surface area contributed by atoms with Gasteiger partial charge in [0.05, 0.1) is 6.04 Å². The van der Waals surface area contributed by atoms with Gasteiger partial charge in [0, 0.05) is 22.4 Å². The van der Waals surface area contributed by atoms with Gasteiger partial charge in [-0.3, -0.25) is 0 Å². The maximum absolute atomic E-state index is 5.78. The van der Waals surface area contributed by atoms with E-state index in [1.54, 1.807) is 0 Å². The molecule has 0 fully saturated rings. The molecule has 0 aromatic carbocycles. The van der Waals surface area contributed by atoms with Crippen LogP contribution in [0.1, 0.15) is 41.6 Å². The molecule has 2 rings (SSSR count). The van der Waals surface area contributed by atoms with E-state index in [4.69, 9.17) is 5.73 Å². The molecule has 2 aromatic heterocycles. The van der Waals surface area contributed by atoms with E-state index in [-0.39, 0.29) is 12.0 Å². The molecule has 0 spiro atoms. The first-order valence-electron chi connectivity index (χ1n) is 7.21. The van der Waals surface area contributed by atoms with Crippen LogP contribution in [0.5, 0.6) is 0 Å². The Kier molecular flexibility index (Phi) is 5.01. The van der Waals surface area contributed by atoms with Crippen LogP contribution in [0.4, 0.5) is 17.6 Å². The van der Waals surface area contributed by atoms with Crippen molar-refractivity contribution in [2.75, 3.05) is 22.9 Å². The van der Waals surface area contributed by atoms with Gasteiger partial charge in [-0.15, -0.1) is 11.3 Å². The molecule has 5 nitrogen and oxygen atoms in total. The minimum absolute atomic E-state index is 0.184. The Morgan fingerprint density at radius 1 is 1.24 bits per heavy atom. The number of hydrogen-bond donors (Lipinski definition) is 3. The SMILES string of the molecule is CCCNc1cc(NC(C)c2cc(C)sc2C)nc(N)n1. The predicted molar refractivity (Wildman–Crippen MR) is 91.1 cm³/mol. The normalized spacial score (nSPS) is 12.2. The molecule has 21 heavy (non-hydrogen) atoms. The van der Waals surface area contributed by atoms with Crippen molar-refractivity contribution in [3.8, 4) is 0 Å². The van der Waals surface area contributed by atoms with Gasteiger partial charge in [0.15, 0.2) is 0 Å². The second-order valence-electron chi connectivity index (χ2n) is 5.16. The number of hydrogen-bond acceptors (Lipinski definition) is 6. The van der Waals surface area contributed by atoms with Crippen LogP contribution in [0.15, 0.2) is 12.1 Å². The Morgan fingerprint density at radius 3 is 2.57 bits per heavy atom. The minimum Gasteiger partial charge on any atom is -0.370 e. The maximum atomic E-state index is 5.78. The third-order valence-corrected chi connectivity index (χ3v) is 4.19. The smallest absolute Gasteiger partial charge is 0.223 e. The van der Waals surface area contributed by atoms with Gasteiger partial charge in [-0.1, -0.05) is 6.92 Å². The van der Waals surface area contributed by atoms with Gasteiger partial charge in [0.25, 0.3) is 0 Å². The van der Waals surface area contributed by atoms with Gasteiger partial charge in [0.1, 0.15) is 11.6 Å². The molecule has 0 amide bonds. The zero-order chi connectivity index (χ0) is 15.4. The lowest BCUT2D eigenvalue weighted by Gasteiger charge is -2.15. The summed E-state index contributed by atoms with van der Waals surface area (Å²) in [6.45, 7) is 9.39. The molecule has 0 bridgehead atoms. The molecule has 114 valence electrons. The molecule has 4 N–H and O–H groups in total. The Balaban J connectivity index is 2.14. The number of thiophene rings is 1. The summed E-state index contributed by atoms with van der Waals surface area (Å²) >= 11 is 1.82. The molecule has 2 aromatic rings. The van der Waals surface area contributed by atoms with Crippen molar-refractivity contribution in [1.82, 2.24) is 9.97 Å². The predicted octanol–water partition coefficient (Wildman–Crippen LogP) is 3.73. The lowest BCUT2D eigenvalue weighted by atomic mass is 10.1.